The van der Waals surface area contributed by atoms with Crippen LogP contribution in [0.2, 0.25) is 0 Å². The van der Waals surface area contributed by atoms with Crippen LogP contribution in [0.15, 0.2) is 105 Å². The highest BCUT2D eigenvalue weighted by molar-refractivity contribution is 8.32. The standard InChI is InChI=1S/C24H14F6O3S2/c25-15-11-13-18(14-12-15)34(16-7-3-1-4-8-16,17-9-5-2-6-10-17)33-35(31,32)24-22(29)20(27)19(26)21(28)23(24)30/h1-14H/p+1. The Labute approximate surface area is 198 Å². The first-order valence-electron chi connectivity index (χ1n) is 9.79. The maximum Gasteiger partial charge on any atom is 0.428 e. The molecule has 0 radical (unpaired) electrons. The van der Waals surface area contributed by atoms with Crippen LogP contribution in [0.3, 0.4) is 0 Å². The molecule has 1 N–H and O–H groups in total. The molecule has 0 aliphatic carbocycles. The minimum atomic E-state index is -5.52. The first-order valence-corrected chi connectivity index (χ1v) is 12.8. The molecule has 4 rings (SSSR count). The minimum Gasteiger partial charge on any atom is -0.258 e. The number of hydrogen-bond donors (Lipinski definition) is 0. The minimum absolute atomic E-state index is 0.142. The van der Waals surface area contributed by atoms with Gasteiger partial charge < -0.3 is 0 Å². The fourth-order valence-corrected chi connectivity index (χ4v) is 8.99. The Bertz CT molecular complexity index is 1410. The molecule has 0 bridgehead atoms. The molecule has 0 spiro atoms. The summed E-state index contributed by atoms with van der Waals surface area (Å²) in [7, 11) is -8.85. The van der Waals surface area contributed by atoms with Crippen molar-refractivity contribution in [2.24, 2.45) is 0 Å². The van der Waals surface area contributed by atoms with Crippen LogP contribution in [0.4, 0.5) is 26.3 Å². The van der Waals surface area contributed by atoms with E-state index in [1.807, 2.05) is 0 Å². The lowest BCUT2D eigenvalue weighted by molar-refractivity contribution is 0.338. The molecule has 182 valence electrons. The Kier molecular flexibility index (Phi) is 6.67. The van der Waals surface area contributed by atoms with E-state index in [0.717, 1.165) is 12.1 Å². The molecule has 0 atom stereocenters. The lowest BCUT2D eigenvalue weighted by Gasteiger charge is -2.34. The quantitative estimate of drug-likeness (QED) is 0.0872. The third kappa shape index (κ3) is 4.30. The van der Waals surface area contributed by atoms with Crippen molar-refractivity contribution in [3.05, 3.63) is 120 Å². The molecular weight excluding hydrogens is 514 g/mol. The van der Waals surface area contributed by atoms with Crippen LogP contribution < -0.4 is 0 Å². The first-order chi connectivity index (χ1) is 16.6. The van der Waals surface area contributed by atoms with Gasteiger partial charge in [0.25, 0.3) is 0 Å². The van der Waals surface area contributed by atoms with Gasteiger partial charge in [0.1, 0.15) is 5.82 Å². The van der Waals surface area contributed by atoms with Crippen molar-refractivity contribution in [1.82, 2.24) is 0 Å². The van der Waals surface area contributed by atoms with Crippen molar-refractivity contribution < 1.29 is 38.4 Å². The van der Waals surface area contributed by atoms with E-state index in [2.05, 4.69) is 3.63 Å². The lowest BCUT2D eigenvalue weighted by atomic mass is 10.3. The Hall–Kier alpha value is -3.28. The molecule has 11 heteroatoms. The summed E-state index contributed by atoms with van der Waals surface area (Å²) in [6.45, 7) is 0. The molecule has 0 aliphatic rings. The van der Waals surface area contributed by atoms with Crippen molar-refractivity contribution in [2.75, 3.05) is 0 Å². The van der Waals surface area contributed by atoms with Gasteiger partial charge in [-0.25, -0.2) is 26.3 Å². The first kappa shape index (κ1) is 24.8. The third-order valence-corrected chi connectivity index (χ3v) is 10.4. The number of benzene rings is 4. The third-order valence-electron chi connectivity index (χ3n) is 4.96. The zero-order valence-electron chi connectivity index (χ0n) is 17.4. The summed E-state index contributed by atoms with van der Waals surface area (Å²) in [4.78, 5) is -1.42. The second-order valence-electron chi connectivity index (χ2n) is 7.11. The second-order valence-corrected chi connectivity index (χ2v) is 11.6. The number of hydrogen-bond acceptors (Lipinski definition) is 2. The van der Waals surface area contributed by atoms with E-state index in [1.165, 1.54) is 36.4 Å². The molecule has 0 amide bonds. The SMILES string of the molecule is O=S(=O)([OH+]S(c1ccccc1)(c1ccccc1)c1ccc(F)cc1)c1c(F)c(F)c(F)c(F)c1F. The van der Waals surface area contributed by atoms with E-state index in [9.17, 15) is 34.8 Å². The van der Waals surface area contributed by atoms with E-state index in [-0.39, 0.29) is 14.7 Å². The van der Waals surface area contributed by atoms with E-state index < -0.39 is 60.2 Å². The van der Waals surface area contributed by atoms with Crippen LogP contribution in [-0.2, 0) is 10.1 Å². The molecule has 4 aromatic carbocycles. The molecule has 0 saturated heterocycles. The molecule has 4 aromatic rings. The van der Waals surface area contributed by atoms with Crippen LogP contribution in [0.25, 0.3) is 0 Å². The topological polar surface area (TPSA) is 46.9 Å². The molecule has 0 heterocycles. The summed E-state index contributed by atoms with van der Waals surface area (Å²) in [5, 5.41) is 0. The second kappa shape index (κ2) is 9.40. The Morgan fingerprint density at radius 2 is 0.857 bits per heavy atom. The van der Waals surface area contributed by atoms with Gasteiger partial charge in [-0.1, -0.05) is 36.4 Å². The molecule has 0 aromatic heterocycles. The molecule has 0 unspecified atom stereocenters. The van der Waals surface area contributed by atoms with Gasteiger partial charge in [0.05, 0.1) is 25.0 Å². The van der Waals surface area contributed by atoms with Gasteiger partial charge >= 0.3 is 10.1 Å². The van der Waals surface area contributed by atoms with Gasteiger partial charge in [0.15, 0.2) is 23.3 Å². The molecule has 0 fully saturated rings. The summed E-state index contributed by atoms with van der Waals surface area (Å²) in [6, 6.07) is 20.1. The van der Waals surface area contributed by atoms with Crippen molar-refractivity contribution >= 4 is 20.4 Å². The van der Waals surface area contributed by atoms with Gasteiger partial charge in [-0.2, -0.15) is 0 Å². The fourth-order valence-electron chi connectivity index (χ4n) is 3.40. The van der Waals surface area contributed by atoms with Crippen molar-refractivity contribution in [2.45, 2.75) is 19.6 Å². The normalized spacial score (nSPS) is 12.5. The van der Waals surface area contributed by atoms with Gasteiger partial charge in [-0.05, 0) is 48.5 Å². The average Bonchev–Trinajstić information content (AvgIpc) is 2.86. The predicted octanol–water partition coefficient (Wildman–Crippen LogP) is 7.20. The van der Waals surface area contributed by atoms with Crippen LogP contribution in [0.5, 0.6) is 0 Å². The van der Waals surface area contributed by atoms with Gasteiger partial charge in [-0.15, -0.1) is 8.42 Å². The van der Waals surface area contributed by atoms with E-state index in [1.54, 1.807) is 36.4 Å². The molecule has 3 nitrogen and oxygen atoms in total. The van der Waals surface area contributed by atoms with E-state index in [0.29, 0.717) is 0 Å². The van der Waals surface area contributed by atoms with Gasteiger partial charge in [-0.3, -0.25) is 3.63 Å². The molecule has 0 aliphatic heterocycles. The fraction of sp³-hybridized carbons (Fsp3) is 0. The van der Waals surface area contributed by atoms with Crippen LogP contribution in [0, 0.1) is 34.9 Å². The molecule has 0 saturated carbocycles. The van der Waals surface area contributed by atoms with Gasteiger partial charge in [0, 0.05) is 0 Å². The monoisotopic (exact) mass is 529 g/mol. The Morgan fingerprint density at radius 3 is 1.29 bits per heavy atom. The van der Waals surface area contributed by atoms with Gasteiger partial charge in [0.2, 0.25) is 10.7 Å². The number of rotatable bonds is 6. The highest BCUT2D eigenvalue weighted by atomic mass is 32.3. The van der Waals surface area contributed by atoms with Crippen molar-refractivity contribution in [3.63, 3.8) is 0 Å². The largest absolute Gasteiger partial charge is 0.428 e. The zero-order valence-corrected chi connectivity index (χ0v) is 19.1. The van der Waals surface area contributed by atoms with Crippen molar-refractivity contribution in [1.29, 1.82) is 0 Å². The summed E-state index contributed by atoms with van der Waals surface area (Å²) in [5.74, 6) is -13.0. The van der Waals surface area contributed by atoms with E-state index >= 15 is 0 Å². The molecular formula is C24H15F6O3S2+. The predicted molar refractivity (Wildman–Crippen MR) is 118 cm³/mol. The maximum absolute atomic E-state index is 14.5. The highest BCUT2D eigenvalue weighted by Gasteiger charge is 2.47. The summed E-state index contributed by atoms with van der Waals surface area (Å²) >= 11 is 0. The Balaban J connectivity index is 2.07. The highest BCUT2D eigenvalue weighted by Crippen LogP contribution is 2.68. The Morgan fingerprint density at radius 1 is 0.486 bits per heavy atom. The summed E-state index contributed by atoms with van der Waals surface area (Å²) in [6.07, 6.45) is 0. The maximum atomic E-state index is 14.5. The van der Waals surface area contributed by atoms with E-state index in [4.69, 9.17) is 0 Å². The summed E-state index contributed by atoms with van der Waals surface area (Å²) in [5.41, 5.74) is 0. The zero-order chi connectivity index (χ0) is 25.4. The van der Waals surface area contributed by atoms with Crippen LogP contribution in [0.1, 0.15) is 0 Å². The summed E-state index contributed by atoms with van der Waals surface area (Å²) < 4.78 is 115. The smallest absolute Gasteiger partial charge is 0.258 e. The lowest BCUT2D eigenvalue weighted by Crippen LogP contribution is -2.22. The molecule has 35 heavy (non-hydrogen) atoms. The van der Waals surface area contributed by atoms with Crippen LogP contribution >= 0.6 is 10.3 Å². The van der Waals surface area contributed by atoms with Crippen molar-refractivity contribution in [3.8, 4) is 0 Å². The van der Waals surface area contributed by atoms with Crippen LogP contribution in [-0.4, -0.2) is 12.0 Å². The average molecular weight is 530 g/mol. The number of halogens is 6.